The number of likely N-dealkylation sites (N-methyl/N-ethyl adjacent to an activating group) is 1. The van der Waals surface area contributed by atoms with E-state index in [-0.39, 0.29) is 25.6 Å². The lowest BCUT2D eigenvalue weighted by Crippen LogP contribution is -2.37. The van der Waals surface area contributed by atoms with Gasteiger partial charge in [0.1, 0.15) is 19.8 Å². The molecule has 0 amide bonds. The zero-order valence-electron chi connectivity index (χ0n) is 65.7. The summed E-state index contributed by atoms with van der Waals surface area (Å²) in [6.45, 7) is 4.54. The number of phosphoric acid groups is 1. The summed E-state index contributed by atoms with van der Waals surface area (Å²) >= 11 is 0. The van der Waals surface area contributed by atoms with Crippen molar-refractivity contribution < 1.29 is 42.1 Å². The van der Waals surface area contributed by atoms with Crippen LogP contribution in [0.1, 0.15) is 476 Å². The molecule has 0 spiro atoms. The standard InChI is InChI=1S/C86H170NO8P/c1-6-8-10-12-14-16-18-20-22-24-26-28-30-32-34-36-38-39-40-41-42-43-44-45-46-47-49-50-52-54-56-58-60-62-64-66-68-70-72-74-76-78-85(88)92-82-84(83-94-96(90,91)93-81-80-87(3,4)5)95-86(89)79-77-75-73-71-69-67-65-63-61-59-57-55-53-51-48-37-35-33-31-29-27-25-23-21-19-17-15-13-11-9-7-2/h25,27,84H,6-24,26,28-83H2,1-5H3/p+1/b27-25-. The Labute approximate surface area is 600 Å². The molecule has 0 heterocycles. The van der Waals surface area contributed by atoms with Gasteiger partial charge in [-0.05, 0) is 38.5 Å². The third-order valence-electron chi connectivity index (χ3n) is 20.3. The highest BCUT2D eigenvalue weighted by molar-refractivity contribution is 7.47. The average Bonchev–Trinajstić information content (AvgIpc) is 1.97. The Bertz CT molecular complexity index is 1620. The molecule has 0 fully saturated rings. The maximum atomic E-state index is 12.9. The van der Waals surface area contributed by atoms with Crippen LogP contribution in [0.4, 0.5) is 0 Å². The van der Waals surface area contributed by atoms with Crippen LogP contribution in [0.25, 0.3) is 0 Å². The number of hydrogen-bond acceptors (Lipinski definition) is 7. The Morgan fingerprint density at radius 1 is 0.312 bits per heavy atom. The average molecular weight is 1380 g/mol. The third-order valence-corrected chi connectivity index (χ3v) is 21.3. The molecular weight excluding hydrogens is 1210 g/mol. The van der Waals surface area contributed by atoms with Crippen molar-refractivity contribution in [2.24, 2.45) is 0 Å². The summed E-state index contributed by atoms with van der Waals surface area (Å²) in [5.74, 6) is -0.766. The number of unbranched alkanes of at least 4 members (excludes halogenated alkanes) is 67. The number of rotatable bonds is 83. The van der Waals surface area contributed by atoms with Gasteiger partial charge in [0.05, 0.1) is 27.7 Å². The molecule has 0 aromatic heterocycles. The quantitative estimate of drug-likeness (QED) is 0.0211. The first-order valence-electron chi connectivity index (χ1n) is 43.4. The second-order valence-electron chi connectivity index (χ2n) is 31.3. The van der Waals surface area contributed by atoms with Crippen LogP contribution >= 0.6 is 7.82 Å². The van der Waals surface area contributed by atoms with E-state index in [1.807, 2.05) is 21.1 Å². The van der Waals surface area contributed by atoms with Gasteiger partial charge in [-0.3, -0.25) is 18.6 Å². The molecule has 0 rings (SSSR count). The molecule has 0 aromatic rings. The van der Waals surface area contributed by atoms with E-state index < -0.39 is 26.5 Å². The van der Waals surface area contributed by atoms with E-state index in [0.717, 1.165) is 38.5 Å². The Balaban J connectivity index is 3.83. The molecule has 0 aliphatic rings. The molecule has 10 heteroatoms. The minimum Gasteiger partial charge on any atom is -0.462 e. The molecule has 96 heavy (non-hydrogen) atoms. The number of esters is 2. The summed E-state index contributed by atoms with van der Waals surface area (Å²) in [7, 11) is 1.51. The zero-order valence-corrected chi connectivity index (χ0v) is 66.6. The molecular formula is C86H171NO8P+. The van der Waals surface area contributed by atoms with Crippen LogP contribution in [0.2, 0.25) is 0 Å². The number of ether oxygens (including phenoxy) is 2. The Morgan fingerprint density at radius 2 is 0.531 bits per heavy atom. The first-order valence-corrected chi connectivity index (χ1v) is 44.9. The summed E-state index contributed by atoms with van der Waals surface area (Å²) in [5, 5.41) is 0. The van der Waals surface area contributed by atoms with E-state index in [9.17, 15) is 19.0 Å². The van der Waals surface area contributed by atoms with Gasteiger partial charge in [0.25, 0.3) is 0 Å². The molecule has 572 valence electrons. The van der Waals surface area contributed by atoms with Crippen molar-refractivity contribution in [3.05, 3.63) is 12.2 Å². The molecule has 0 saturated heterocycles. The van der Waals surface area contributed by atoms with Crippen LogP contribution in [0.15, 0.2) is 12.2 Å². The van der Waals surface area contributed by atoms with Gasteiger partial charge in [-0.15, -0.1) is 0 Å². The van der Waals surface area contributed by atoms with E-state index in [1.165, 1.54) is 411 Å². The lowest BCUT2D eigenvalue weighted by atomic mass is 10.0. The van der Waals surface area contributed by atoms with Gasteiger partial charge in [-0.25, -0.2) is 4.57 Å². The van der Waals surface area contributed by atoms with Gasteiger partial charge in [0.2, 0.25) is 0 Å². The van der Waals surface area contributed by atoms with Crippen LogP contribution in [0.3, 0.4) is 0 Å². The highest BCUT2D eigenvalue weighted by Gasteiger charge is 2.27. The molecule has 0 radical (unpaired) electrons. The van der Waals surface area contributed by atoms with Gasteiger partial charge in [0.15, 0.2) is 6.10 Å². The van der Waals surface area contributed by atoms with E-state index in [4.69, 9.17) is 18.5 Å². The molecule has 2 unspecified atom stereocenters. The number of allylic oxidation sites excluding steroid dienone is 2. The van der Waals surface area contributed by atoms with Crippen molar-refractivity contribution >= 4 is 19.8 Å². The molecule has 0 bridgehead atoms. The van der Waals surface area contributed by atoms with Gasteiger partial charge in [-0.1, -0.05) is 437 Å². The number of phosphoric ester groups is 1. The van der Waals surface area contributed by atoms with Crippen LogP contribution in [-0.4, -0.2) is 74.9 Å². The maximum Gasteiger partial charge on any atom is 0.472 e. The number of nitrogens with zero attached hydrogens (tertiary/aromatic N) is 1. The summed E-state index contributed by atoms with van der Waals surface area (Å²) in [4.78, 5) is 36.0. The Hall–Kier alpha value is -1.25. The van der Waals surface area contributed by atoms with Crippen LogP contribution in [0.5, 0.6) is 0 Å². The molecule has 9 nitrogen and oxygen atoms in total. The lowest BCUT2D eigenvalue weighted by molar-refractivity contribution is -0.870. The minimum absolute atomic E-state index is 0.0369. The lowest BCUT2D eigenvalue weighted by Gasteiger charge is -2.24. The molecule has 0 aromatic carbocycles. The van der Waals surface area contributed by atoms with Crippen molar-refractivity contribution in [3.63, 3.8) is 0 Å². The number of quaternary nitrogens is 1. The van der Waals surface area contributed by atoms with Crippen molar-refractivity contribution in [1.82, 2.24) is 0 Å². The number of carbonyl (C=O) groups excluding carboxylic acids is 2. The minimum atomic E-state index is -4.39. The largest absolute Gasteiger partial charge is 0.472 e. The normalized spacial score (nSPS) is 12.9. The maximum absolute atomic E-state index is 12.9. The second-order valence-corrected chi connectivity index (χ2v) is 32.7. The smallest absolute Gasteiger partial charge is 0.462 e. The Morgan fingerprint density at radius 3 is 0.771 bits per heavy atom. The predicted octanol–water partition coefficient (Wildman–Crippen LogP) is 29.0. The van der Waals surface area contributed by atoms with E-state index in [0.29, 0.717) is 17.4 Å². The topological polar surface area (TPSA) is 108 Å². The van der Waals surface area contributed by atoms with Crippen LogP contribution in [-0.2, 0) is 32.7 Å². The fourth-order valence-corrected chi connectivity index (χ4v) is 14.4. The summed E-state index contributed by atoms with van der Waals surface area (Å²) in [5.41, 5.74) is 0. The summed E-state index contributed by atoms with van der Waals surface area (Å²) in [6.07, 6.45) is 99.8. The molecule has 0 aliphatic carbocycles. The molecule has 0 saturated carbocycles. The summed E-state index contributed by atoms with van der Waals surface area (Å²) < 4.78 is 34.9. The van der Waals surface area contributed by atoms with Crippen LogP contribution < -0.4 is 0 Å². The third kappa shape index (κ3) is 81.7. The fraction of sp³-hybridized carbons (Fsp3) is 0.953. The second kappa shape index (κ2) is 77.9. The van der Waals surface area contributed by atoms with Gasteiger partial charge in [0, 0.05) is 12.8 Å². The van der Waals surface area contributed by atoms with Crippen LogP contribution in [0, 0.1) is 0 Å². The van der Waals surface area contributed by atoms with Gasteiger partial charge < -0.3 is 18.9 Å². The summed E-state index contributed by atoms with van der Waals surface area (Å²) in [6, 6.07) is 0. The zero-order chi connectivity index (χ0) is 69.7. The first-order chi connectivity index (χ1) is 47.0. The van der Waals surface area contributed by atoms with E-state index >= 15 is 0 Å². The van der Waals surface area contributed by atoms with Crippen molar-refractivity contribution in [2.45, 2.75) is 482 Å². The van der Waals surface area contributed by atoms with Crippen molar-refractivity contribution in [2.75, 3.05) is 47.5 Å². The highest BCUT2D eigenvalue weighted by atomic mass is 31.2. The van der Waals surface area contributed by atoms with E-state index in [2.05, 4.69) is 26.0 Å². The van der Waals surface area contributed by atoms with Gasteiger partial charge in [-0.2, -0.15) is 0 Å². The number of hydrogen-bond donors (Lipinski definition) is 1. The fourth-order valence-electron chi connectivity index (χ4n) is 13.7. The van der Waals surface area contributed by atoms with Crippen molar-refractivity contribution in [1.29, 1.82) is 0 Å². The first kappa shape index (κ1) is 94.8. The predicted molar refractivity (Wildman–Crippen MR) is 418 cm³/mol. The number of carbonyl (C=O) groups is 2. The van der Waals surface area contributed by atoms with Gasteiger partial charge >= 0.3 is 19.8 Å². The molecule has 2 atom stereocenters. The van der Waals surface area contributed by atoms with Crippen molar-refractivity contribution in [3.8, 4) is 0 Å². The monoisotopic (exact) mass is 1380 g/mol. The SMILES string of the molecule is CCCCCCCCCC/C=C\CCCCCCCCCCCCCCCCCCCCCC(=O)OC(COC(=O)CCCCCCCCCCCCCCCCCCCCCCCCCCCCCCCCCCCCCCCCCCC)COP(=O)(O)OCC[N+](C)(C)C. The van der Waals surface area contributed by atoms with E-state index in [1.54, 1.807) is 0 Å². The molecule has 0 aliphatic heterocycles. The highest BCUT2D eigenvalue weighted by Crippen LogP contribution is 2.43. The Kier molecular flexibility index (Phi) is 76.9. The molecule has 1 N–H and O–H groups in total.